The summed E-state index contributed by atoms with van der Waals surface area (Å²) in [5.41, 5.74) is 7.76. The van der Waals surface area contributed by atoms with E-state index < -0.39 is 0 Å². The van der Waals surface area contributed by atoms with E-state index >= 15 is 0 Å². The fraction of sp³-hybridized carbons (Fsp3) is 0.545. The van der Waals surface area contributed by atoms with Crippen molar-refractivity contribution in [2.75, 3.05) is 43.9 Å². The van der Waals surface area contributed by atoms with Crippen LogP contribution in [0.25, 0.3) is 0 Å². The predicted molar refractivity (Wildman–Crippen MR) is 63.1 cm³/mol. The Morgan fingerprint density at radius 2 is 1.93 bits per heavy atom. The topological polar surface area (TPSA) is 45.4 Å². The molecule has 4 nitrogen and oxygen atoms in total. The fourth-order valence-corrected chi connectivity index (χ4v) is 1.74. The highest BCUT2D eigenvalue weighted by atomic mass is 15.3. The molecular weight excluding hydrogens is 188 g/mol. The lowest BCUT2D eigenvalue weighted by atomic mass is 10.2. The molecule has 0 bridgehead atoms. The summed E-state index contributed by atoms with van der Waals surface area (Å²) in [7, 11) is 2.15. The zero-order valence-corrected chi connectivity index (χ0v) is 9.40. The van der Waals surface area contributed by atoms with Crippen LogP contribution in [0.1, 0.15) is 5.56 Å². The maximum atomic E-state index is 5.88. The molecule has 0 aromatic carbocycles. The molecule has 15 heavy (non-hydrogen) atoms. The summed E-state index contributed by atoms with van der Waals surface area (Å²) in [6.45, 7) is 6.24. The van der Waals surface area contributed by atoms with Gasteiger partial charge in [0.1, 0.15) is 5.82 Å². The zero-order valence-electron chi connectivity index (χ0n) is 9.40. The van der Waals surface area contributed by atoms with Gasteiger partial charge in [0.25, 0.3) is 0 Å². The SMILES string of the molecule is Cc1cnc(N2CCN(C)CC2)cc1N. The molecule has 0 aliphatic carbocycles. The lowest BCUT2D eigenvalue weighted by molar-refractivity contribution is 0.312. The van der Waals surface area contributed by atoms with Crippen molar-refractivity contribution in [1.82, 2.24) is 9.88 Å². The average Bonchev–Trinajstić information content (AvgIpc) is 2.23. The molecule has 1 saturated heterocycles. The van der Waals surface area contributed by atoms with Crippen molar-refractivity contribution in [3.8, 4) is 0 Å². The monoisotopic (exact) mass is 206 g/mol. The molecule has 82 valence electrons. The molecule has 1 aliphatic rings. The van der Waals surface area contributed by atoms with Gasteiger partial charge < -0.3 is 15.5 Å². The predicted octanol–water partition coefficient (Wildman–Crippen LogP) is 0.724. The van der Waals surface area contributed by atoms with Crippen LogP contribution in [0.5, 0.6) is 0 Å². The molecule has 1 fully saturated rings. The first-order valence-electron chi connectivity index (χ1n) is 5.32. The zero-order chi connectivity index (χ0) is 10.8. The van der Waals surface area contributed by atoms with Crippen molar-refractivity contribution in [3.05, 3.63) is 17.8 Å². The Morgan fingerprint density at radius 3 is 2.53 bits per heavy atom. The quantitative estimate of drug-likeness (QED) is 0.735. The number of anilines is 2. The molecule has 0 atom stereocenters. The number of nitrogen functional groups attached to an aromatic ring is 1. The lowest BCUT2D eigenvalue weighted by Gasteiger charge is -2.33. The number of hydrogen-bond acceptors (Lipinski definition) is 4. The van der Waals surface area contributed by atoms with Crippen LogP contribution in [0, 0.1) is 6.92 Å². The highest BCUT2D eigenvalue weighted by molar-refractivity contribution is 5.54. The summed E-state index contributed by atoms with van der Waals surface area (Å²) >= 11 is 0. The van der Waals surface area contributed by atoms with Gasteiger partial charge in [0.15, 0.2) is 0 Å². The van der Waals surface area contributed by atoms with E-state index in [1.807, 2.05) is 19.2 Å². The third-order valence-electron chi connectivity index (χ3n) is 2.96. The van der Waals surface area contributed by atoms with E-state index in [2.05, 4.69) is 21.8 Å². The molecule has 2 rings (SSSR count). The molecule has 0 unspecified atom stereocenters. The van der Waals surface area contributed by atoms with Gasteiger partial charge in [-0.3, -0.25) is 0 Å². The van der Waals surface area contributed by atoms with Crippen LogP contribution in [0.3, 0.4) is 0 Å². The molecule has 1 aromatic rings. The normalized spacial score (nSPS) is 18.1. The van der Waals surface area contributed by atoms with Gasteiger partial charge in [-0.2, -0.15) is 0 Å². The minimum absolute atomic E-state index is 0.832. The van der Waals surface area contributed by atoms with Crippen molar-refractivity contribution in [2.45, 2.75) is 6.92 Å². The van der Waals surface area contributed by atoms with Gasteiger partial charge in [-0.25, -0.2) is 4.98 Å². The minimum atomic E-state index is 0.832. The molecule has 0 radical (unpaired) electrons. The van der Waals surface area contributed by atoms with Crippen molar-refractivity contribution >= 4 is 11.5 Å². The number of aromatic nitrogens is 1. The molecule has 1 aliphatic heterocycles. The van der Waals surface area contributed by atoms with Crippen LogP contribution < -0.4 is 10.6 Å². The van der Waals surface area contributed by atoms with Gasteiger partial charge in [-0.05, 0) is 19.5 Å². The lowest BCUT2D eigenvalue weighted by Crippen LogP contribution is -2.44. The molecule has 2 heterocycles. The van der Waals surface area contributed by atoms with E-state index in [0.29, 0.717) is 0 Å². The molecule has 0 amide bonds. The summed E-state index contributed by atoms with van der Waals surface area (Å²) in [6.07, 6.45) is 1.85. The standard InChI is InChI=1S/C11H18N4/c1-9-8-13-11(7-10(9)12)15-5-3-14(2)4-6-15/h7-8H,3-6H2,1-2H3,(H2,12,13). The highest BCUT2D eigenvalue weighted by Gasteiger charge is 2.15. The van der Waals surface area contributed by atoms with Crippen LogP contribution >= 0.6 is 0 Å². The summed E-state index contributed by atoms with van der Waals surface area (Å²) in [6, 6.07) is 1.97. The van der Waals surface area contributed by atoms with E-state index in [1.165, 1.54) is 0 Å². The third kappa shape index (κ3) is 2.21. The average molecular weight is 206 g/mol. The van der Waals surface area contributed by atoms with Crippen LogP contribution in [-0.4, -0.2) is 43.1 Å². The van der Waals surface area contributed by atoms with Crippen LogP contribution in [0.2, 0.25) is 0 Å². The second kappa shape index (κ2) is 4.06. The first kappa shape index (κ1) is 10.2. The second-order valence-corrected chi connectivity index (χ2v) is 4.19. The minimum Gasteiger partial charge on any atom is -0.398 e. The maximum Gasteiger partial charge on any atom is 0.130 e. The number of nitrogens with zero attached hydrogens (tertiary/aromatic N) is 3. The smallest absolute Gasteiger partial charge is 0.130 e. The molecule has 2 N–H and O–H groups in total. The Bertz CT molecular complexity index is 342. The van der Waals surface area contributed by atoms with E-state index in [-0.39, 0.29) is 0 Å². The summed E-state index contributed by atoms with van der Waals surface area (Å²) in [5.74, 6) is 1.01. The number of aryl methyl sites for hydroxylation is 1. The number of likely N-dealkylation sites (N-methyl/N-ethyl adjacent to an activating group) is 1. The van der Waals surface area contributed by atoms with Gasteiger partial charge in [-0.1, -0.05) is 0 Å². The molecule has 0 saturated carbocycles. The Balaban J connectivity index is 2.12. The van der Waals surface area contributed by atoms with Crippen LogP contribution in [0.15, 0.2) is 12.3 Å². The number of nitrogens with two attached hydrogens (primary N) is 1. The molecular formula is C11H18N4. The Kier molecular flexibility index (Phi) is 2.77. The highest BCUT2D eigenvalue weighted by Crippen LogP contribution is 2.18. The molecule has 0 spiro atoms. The van der Waals surface area contributed by atoms with E-state index in [4.69, 9.17) is 5.73 Å². The third-order valence-corrected chi connectivity index (χ3v) is 2.96. The summed E-state index contributed by atoms with van der Waals surface area (Å²) in [4.78, 5) is 9.03. The summed E-state index contributed by atoms with van der Waals surface area (Å²) in [5, 5.41) is 0. The first-order valence-corrected chi connectivity index (χ1v) is 5.32. The van der Waals surface area contributed by atoms with Gasteiger partial charge in [-0.15, -0.1) is 0 Å². The Hall–Kier alpha value is -1.29. The second-order valence-electron chi connectivity index (χ2n) is 4.19. The number of piperazine rings is 1. The van der Waals surface area contributed by atoms with Crippen molar-refractivity contribution in [2.24, 2.45) is 0 Å². The van der Waals surface area contributed by atoms with Gasteiger partial charge in [0.05, 0.1) is 0 Å². The van der Waals surface area contributed by atoms with Crippen molar-refractivity contribution in [3.63, 3.8) is 0 Å². The van der Waals surface area contributed by atoms with Crippen molar-refractivity contribution < 1.29 is 0 Å². The Morgan fingerprint density at radius 1 is 1.27 bits per heavy atom. The van der Waals surface area contributed by atoms with E-state index in [9.17, 15) is 0 Å². The maximum absolute atomic E-state index is 5.88. The molecule has 1 aromatic heterocycles. The van der Waals surface area contributed by atoms with Gasteiger partial charge in [0, 0.05) is 44.1 Å². The fourth-order valence-electron chi connectivity index (χ4n) is 1.74. The molecule has 4 heteroatoms. The van der Waals surface area contributed by atoms with Gasteiger partial charge >= 0.3 is 0 Å². The van der Waals surface area contributed by atoms with Gasteiger partial charge in [0.2, 0.25) is 0 Å². The number of hydrogen-bond donors (Lipinski definition) is 1. The number of pyridine rings is 1. The van der Waals surface area contributed by atoms with E-state index in [1.54, 1.807) is 0 Å². The first-order chi connectivity index (χ1) is 7.16. The largest absolute Gasteiger partial charge is 0.398 e. The van der Waals surface area contributed by atoms with Crippen LogP contribution in [0.4, 0.5) is 11.5 Å². The summed E-state index contributed by atoms with van der Waals surface area (Å²) < 4.78 is 0. The van der Waals surface area contributed by atoms with Crippen LogP contribution in [-0.2, 0) is 0 Å². The van der Waals surface area contributed by atoms with E-state index in [0.717, 1.165) is 43.2 Å². The Labute approximate surface area is 90.7 Å². The number of rotatable bonds is 1. The van der Waals surface area contributed by atoms with Crippen molar-refractivity contribution in [1.29, 1.82) is 0 Å².